The van der Waals surface area contributed by atoms with Gasteiger partial charge in [-0.2, -0.15) is 0 Å². The zero-order valence-corrected chi connectivity index (χ0v) is 17.8. The Morgan fingerprint density at radius 3 is 2.30 bits per heavy atom. The molecule has 0 unspecified atom stereocenters. The highest BCUT2D eigenvalue weighted by molar-refractivity contribution is 7.14. The number of ether oxygens (including phenoxy) is 1. The Morgan fingerprint density at radius 2 is 1.63 bits per heavy atom. The number of hydrogen-bond acceptors (Lipinski definition) is 4. The normalized spacial score (nSPS) is 12.6. The molecule has 1 N–H and O–H groups in total. The smallest absolute Gasteiger partial charge is 0.238 e. The van der Waals surface area contributed by atoms with Gasteiger partial charge in [0.25, 0.3) is 0 Å². The van der Waals surface area contributed by atoms with E-state index in [1.54, 1.807) is 12.1 Å². The van der Waals surface area contributed by atoms with E-state index in [0.29, 0.717) is 32.4 Å². The topological polar surface area (TPSA) is 51.2 Å². The lowest BCUT2D eigenvalue weighted by Crippen LogP contribution is -2.25. The zero-order chi connectivity index (χ0) is 20.7. The highest BCUT2D eigenvalue weighted by Gasteiger charge is 2.32. The first-order valence-corrected chi connectivity index (χ1v) is 10.8. The van der Waals surface area contributed by atoms with Gasteiger partial charge in [-0.15, -0.1) is 11.3 Å². The Labute approximate surface area is 187 Å². The van der Waals surface area contributed by atoms with Crippen molar-refractivity contribution in [3.05, 3.63) is 93.3 Å². The highest BCUT2D eigenvalue weighted by atomic mass is 35.5. The molecule has 30 heavy (non-hydrogen) atoms. The van der Waals surface area contributed by atoms with E-state index in [9.17, 15) is 4.79 Å². The number of anilines is 1. The van der Waals surface area contributed by atoms with Crippen LogP contribution in [0.2, 0.25) is 10.0 Å². The Kier molecular flexibility index (Phi) is 4.95. The fraction of sp³-hybridized carbons (Fsp3) is 0.0435. The van der Waals surface area contributed by atoms with Crippen LogP contribution < -0.4 is 10.1 Å². The number of benzene rings is 3. The number of fused-ring (bicyclic) bond motifs is 2. The van der Waals surface area contributed by atoms with E-state index in [2.05, 4.69) is 10.3 Å². The molecule has 0 aliphatic carbocycles. The number of thiazole rings is 1. The molecule has 1 amide bonds. The van der Waals surface area contributed by atoms with E-state index < -0.39 is 5.92 Å². The molecular formula is C23H14Cl2N2O2S. The molecule has 1 aromatic heterocycles. The Hall–Kier alpha value is -2.86. The quantitative estimate of drug-likeness (QED) is 0.364. The molecular weight excluding hydrogens is 439 g/mol. The van der Waals surface area contributed by atoms with Crippen molar-refractivity contribution in [1.82, 2.24) is 4.98 Å². The molecule has 4 aromatic rings. The summed E-state index contributed by atoms with van der Waals surface area (Å²) in [5.74, 6) is 0.715. The molecule has 0 bridgehead atoms. The van der Waals surface area contributed by atoms with Gasteiger partial charge in [-0.05, 0) is 30.3 Å². The molecule has 0 saturated carbocycles. The Balaban J connectivity index is 1.46. The van der Waals surface area contributed by atoms with Crippen LogP contribution in [0.4, 0.5) is 5.13 Å². The van der Waals surface area contributed by atoms with Gasteiger partial charge in [-0.1, -0.05) is 59.6 Å². The van der Waals surface area contributed by atoms with Crippen LogP contribution in [0.25, 0.3) is 11.3 Å². The van der Waals surface area contributed by atoms with Crippen molar-refractivity contribution in [2.75, 3.05) is 5.32 Å². The average Bonchev–Trinajstić information content (AvgIpc) is 3.19. The maximum Gasteiger partial charge on any atom is 0.238 e. The predicted octanol–water partition coefficient (Wildman–Crippen LogP) is 6.99. The molecule has 3 aromatic carbocycles. The lowest BCUT2D eigenvalue weighted by Gasteiger charge is -2.27. The van der Waals surface area contributed by atoms with Crippen LogP contribution in [0.5, 0.6) is 11.5 Å². The molecule has 148 valence electrons. The molecule has 0 spiro atoms. The molecule has 4 nitrogen and oxygen atoms in total. The van der Waals surface area contributed by atoms with Crippen molar-refractivity contribution in [2.45, 2.75) is 5.92 Å². The number of para-hydroxylation sites is 2. The number of carbonyl (C=O) groups is 1. The second-order valence-corrected chi connectivity index (χ2v) is 8.46. The number of halogens is 2. The van der Waals surface area contributed by atoms with E-state index >= 15 is 0 Å². The summed E-state index contributed by atoms with van der Waals surface area (Å²) in [5, 5.41) is 6.39. The van der Waals surface area contributed by atoms with Gasteiger partial charge < -0.3 is 10.1 Å². The standard InChI is InChI=1S/C23H14Cl2N2O2S/c24-13-9-10-14(17(25)11-13)18-12-30-23(26-18)27-22(28)21-15-5-1-3-7-19(15)29-20-8-4-2-6-16(20)21/h1-12,21H,(H,26,27,28). The minimum atomic E-state index is -0.488. The van der Waals surface area contributed by atoms with E-state index in [0.717, 1.165) is 16.7 Å². The summed E-state index contributed by atoms with van der Waals surface area (Å²) in [6, 6.07) is 20.4. The second kappa shape index (κ2) is 7.76. The lowest BCUT2D eigenvalue weighted by molar-refractivity contribution is -0.116. The number of hydrogen-bond donors (Lipinski definition) is 1. The monoisotopic (exact) mass is 452 g/mol. The summed E-state index contributed by atoms with van der Waals surface area (Å²) in [7, 11) is 0. The molecule has 2 heterocycles. The molecule has 0 radical (unpaired) electrons. The molecule has 1 aliphatic rings. The fourth-order valence-corrected chi connectivity index (χ4v) is 4.74. The largest absolute Gasteiger partial charge is 0.457 e. The fourth-order valence-electron chi connectivity index (χ4n) is 3.52. The first-order valence-electron chi connectivity index (χ1n) is 9.17. The third-order valence-electron chi connectivity index (χ3n) is 4.88. The van der Waals surface area contributed by atoms with E-state index in [1.807, 2.05) is 60.0 Å². The zero-order valence-electron chi connectivity index (χ0n) is 15.4. The van der Waals surface area contributed by atoms with Crippen LogP contribution in [0, 0.1) is 0 Å². The van der Waals surface area contributed by atoms with E-state index in [4.69, 9.17) is 27.9 Å². The first kappa shape index (κ1) is 19.1. The van der Waals surface area contributed by atoms with Crippen molar-refractivity contribution >= 4 is 45.6 Å². The molecule has 5 rings (SSSR count). The van der Waals surface area contributed by atoms with Crippen LogP contribution >= 0.6 is 34.5 Å². The summed E-state index contributed by atoms with van der Waals surface area (Å²) in [5.41, 5.74) is 3.10. The second-order valence-electron chi connectivity index (χ2n) is 6.76. The molecule has 0 saturated heterocycles. The van der Waals surface area contributed by atoms with Gasteiger partial charge in [0.15, 0.2) is 5.13 Å². The van der Waals surface area contributed by atoms with Crippen molar-refractivity contribution < 1.29 is 9.53 Å². The van der Waals surface area contributed by atoms with Crippen LogP contribution in [-0.2, 0) is 4.79 Å². The van der Waals surface area contributed by atoms with Gasteiger partial charge >= 0.3 is 0 Å². The van der Waals surface area contributed by atoms with Gasteiger partial charge in [-0.3, -0.25) is 4.79 Å². The number of amides is 1. The van der Waals surface area contributed by atoms with Crippen LogP contribution in [0.1, 0.15) is 17.0 Å². The van der Waals surface area contributed by atoms with E-state index in [1.165, 1.54) is 11.3 Å². The van der Waals surface area contributed by atoms with Gasteiger partial charge in [-0.25, -0.2) is 4.98 Å². The summed E-state index contributed by atoms with van der Waals surface area (Å²) < 4.78 is 5.97. The first-order chi connectivity index (χ1) is 14.6. The van der Waals surface area contributed by atoms with Gasteiger partial charge in [0.1, 0.15) is 11.5 Å². The van der Waals surface area contributed by atoms with Crippen molar-refractivity contribution in [3.63, 3.8) is 0 Å². The Morgan fingerprint density at radius 1 is 0.967 bits per heavy atom. The highest BCUT2D eigenvalue weighted by Crippen LogP contribution is 2.44. The summed E-state index contributed by atoms with van der Waals surface area (Å²) in [6.45, 7) is 0. The minimum Gasteiger partial charge on any atom is -0.457 e. The van der Waals surface area contributed by atoms with Gasteiger partial charge in [0.2, 0.25) is 5.91 Å². The van der Waals surface area contributed by atoms with Crippen molar-refractivity contribution in [3.8, 4) is 22.8 Å². The maximum atomic E-state index is 13.3. The molecule has 1 aliphatic heterocycles. The van der Waals surface area contributed by atoms with Crippen molar-refractivity contribution in [2.24, 2.45) is 0 Å². The van der Waals surface area contributed by atoms with E-state index in [-0.39, 0.29) is 5.91 Å². The summed E-state index contributed by atoms with van der Waals surface area (Å²) >= 11 is 13.6. The van der Waals surface area contributed by atoms with Gasteiger partial charge in [0, 0.05) is 27.1 Å². The predicted molar refractivity (Wildman–Crippen MR) is 121 cm³/mol. The number of aromatic nitrogens is 1. The third-order valence-corrected chi connectivity index (χ3v) is 6.19. The van der Waals surface area contributed by atoms with Crippen LogP contribution in [0.3, 0.4) is 0 Å². The minimum absolute atomic E-state index is 0.165. The molecule has 7 heteroatoms. The van der Waals surface area contributed by atoms with Crippen LogP contribution in [-0.4, -0.2) is 10.9 Å². The maximum absolute atomic E-state index is 13.3. The molecule has 0 fully saturated rings. The Bertz CT molecular complexity index is 1230. The lowest BCUT2D eigenvalue weighted by atomic mass is 9.87. The third kappa shape index (κ3) is 3.45. The number of rotatable bonds is 3. The summed E-state index contributed by atoms with van der Waals surface area (Å²) in [4.78, 5) is 17.9. The van der Waals surface area contributed by atoms with Crippen LogP contribution in [0.15, 0.2) is 72.1 Å². The average molecular weight is 453 g/mol. The number of carbonyl (C=O) groups excluding carboxylic acids is 1. The summed E-state index contributed by atoms with van der Waals surface area (Å²) in [6.07, 6.45) is 0. The van der Waals surface area contributed by atoms with Gasteiger partial charge in [0.05, 0.1) is 16.6 Å². The number of nitrogens with zero attached hydrogens (tertiary/aromatic N) is 1. The SMILES string of the molecule is O=C(Nc1nc(-c2ccc(Cl)cc2Cl)cs1)C1c2ccccc2Oc2ccccc21. The number of nitrogens with one attached hydrogen (secondary N) is 1. The van der Waals surface area contributed by atoms with Crippen molar-refractivity contribution in [1.29, 1.82) is 0 Å². The molecule has 0 atom stereocenters.